The molecule has 1 aromatic carbocycles. The molecule has 0 radical (unpaired) electrons. The Hall–Kier alpha value is -1.98. The molecule has 21 heavy (non-hydrogen) atoms. The van der Waals surface area contributed by atoms with Crippen molar-refractivity contribution in [3.63, 3.8) is 0 Å². The molecule has 1 atom stereocenters. The van der Waals surface area contributed by atoms with Crippen molar-refractivity contribution >= 4 is 17.5 Å². The van der Waals surface area contributed by atoms with Crippen molar-refractivity contribution < 1.29 is 4.79 Å². The van der Waals surface area contributed by atoms with Crippen LogP contribution in [0.4, 0.5) is 0 Å². The van der Waals surface area contributed by atoms with Gasteiger partial charge >= 0.3 is 0 Å². The normalized spacial score (nSPS) is 12.2. The van der Waals surface area contributed by atoms with Gasteiger partial charge in [-0.2, -0.15) is 0 Å². The number of hydrogen-bond acceptors (Lipinski definition) is 4. The Morgan fingerprint density at radius 3 is 2.52 bits per heavy atom. The van der Waals surface area contributed by atoms with Crippen molar-refractivity contribution in [2.24, 2.45) is 0 Å². The van der Waals surface area contributed by atoms with E-state index in [2.05, 4.69) is 20.2 Å². The zero-order valence-corrected chi connectivity index (χ0v) is 12.7. The van der Waals surface area contributed by atoms with Crippen LogP contribution in [-0.2, 0) is 0 Å². The van der Waals surface area contributed by atoms with Gasteiger partial charge in [0.05, 0.1) is 18.4 Å². The Morgan fingerprint density at radius 1 is 1.24 bits per heavy atom. The average molecular weight is 305 g/mol. The van der Waals surface area contributed by atoms with E-state index < -0.39 is 0 Å². The summed E-state index contributed by atoms with van der Waals surface area (Å²) in [6.07, 6.45) is 2.72. The molecule has 0 aliphatic heterocycles. The van der Waals surface area contributed by atoms with Crippen LogP contribution in [0, 0.1) is 0 Å². The van der Waals surface area contributed by atoms with Crippen LogP contribution in [0.25, 0.3) is 0 Å². The molecular weight excluding hydrogens is 288 g/mol. The van der Waals surface area contributed by atoms with E-state index in [1.807, 2.05) is 44.4 Å². The number of nitrogens with zero attached hydrogens (tertiary/aromatic N) is 3. The molecule has 0 bridgehead atoms. The summed E-state index contributed by atoms with van der Waals surface area (Å²) >= 11 is 5.65. The minimum absolute atomic E-state index is 0.0930. The van der Waals surface area contributed by atoms with Crippen LogP contribution in [0.2, 0.25) is 5.15 Å². The van der Waals surface area contributed by atoms with Crippen LogP contribution in [0.1, 0.15) is 22.1 Å². The second kappa shape index (κ2) is 7.15. The topological polar surface area (TPSA) is 58.1 Å². The summed E-state index contributed by atoms with van der Waals surface area (Å²) in [5, 5.41) is 3.14. The van der Waals surface area contributed by atoms with E-state index in [1.54, 1.807) is 0 Å². The Labute approximate surface area is 129 Å². The fourth-order valence-electron chi connectivity index (χ4n) is 1.98. The molecule has 0 fully saturated rings. The molecule has 1 unspecified atom stereocenters. The summed E-state index contributed by atoms with van der Waals surface area (Å²) in [5.74, 6) is -0.262. The second-order valence-corrected chi connectivity index (χ2v) is 5.21. The van der Waals surface area contributed by atoms with Crippen LogP contribution < -0.4 is 5.32 Å². The highest BCUT2D eigenvalue weighted by Crippen LogP contribution is 2.16. The van der Waals surface area contributed by atoms with Gasteiger partial charge in [0.15, 0.2) is 0 Å². The number of hydrogen-bond donors (Lipinski definition) is 1. The minimum atomic E-state index is -0.262. The van der Waals surface area contributed by atoms with Crippen molar-refractivity contribution in [3.8, 4) is 0 Å². The molecule has 1 amide bonds. The van der Waals surface area contributed by atoms with Crippen LogP contribution in [0.5, 0.6) is 0 Å². The standard InChI is InChI=1S/C15H17ClN4O/c1-20(2)13(11-6-4-3-5-7-11)9-19-15(21)12-8-18-14(16)10-17-12/h3-8,10,13H,9H2,1-2H3,(H,19,21). The number of carbonyl (C=O) groups excluding carboxylic acids is 1. The highest BCUT2D eigenvalue weighted by molar-refractivity contribution is 6.29. The van der Waals surface area contributed by atoms with Gasteiger partial charge in [-0.3, -0.25) is 4.79 Å². The van der Waals surface area contributed by atoms with E-state index in [4.69, 9.17) is 11.6 Å². The smallest absolute Gasteiger partial charge is 0.271 e. The van der Waals surface area contributed by atoms with E-state index in [0.29, 0.717) is 6.54 Å². The van der Waals surface area contributed by atoms with E-state index in [0.717, 1.165) is 5.56 Å². The van der Waals surface area contributed by atoms with Gasteiger partial charge in [-0.15, -0.1) is 0 Å². The lowest BCUT2D eigenvalue weighted by Crippen LogP contribution is -2.34. The molecule has 0 saturated carbocycles. The monoisotopic (exact) mass is 304 g/mol. The Balaban J connectivity index is 2.02. The molecule has 2 rings (SSSR count). The van der Waals surface area contributed by atoms with Crippen molar-refractivity contribution in [1.29, 1.82) is 0 Å². The maximum atomic E-state index is 12.0. The first-order chi connectivity index (χ1) is 10.1. The van der Waals surface area contributed by atoms with Gasteiger partial charge in [0.25, 0.3) is 5.91 Å². The Kier molecular flexibility index (Phi) is 5.25. The number of aromatic nitrogens is 2. The summed E-state index contributed by atoms with van der Waals surface area (Å²) in [6, 6.07) is 10.1. The number of rotatable bonds is 5. The number of halogens is 1. The van der Waals surface area contributed by atoms with E-state index >= 15 is 0 Å². The van der Waals surface area contributed by atoms with Gasteiger partial charge in [0.1, 0.15) is 10.8 Å². The zero-order valence-electron chi connectivity index (χ0n) is 12.0. The molecule has 6 heteroatoms. The predicted molar refractivity (Wildman–Crippen MR) is 82.2 cm³/mol. The first-order valence-electron chi connectivity index (χ1n) is 6.55. The van der Waals surface area contributed by atoms with Gasteiger partial charge < -0.3 is 10.2 Å². The number of amides is 1. The molecule has 110 valence electrons. The third-order valence-corrected chi connectivity index (χ3v) is 3.31. The van der Waals surface area contributed by atoms with Gasteiger partial charge in [0.2, 0.25) is 0 Å². The molecule has 1 heterocycles. The third kappa shape index (κ3) is 4.24. The van der Waals surface area contributed by atoms with Crippen molar-refractivity contribution in [3.05, 3.63) is 59.1 Å². The molecule has 1 N–H and O–H groups in total. The first kappa shape index (κ1) is 15.4. The summed E-state index contributed by atoms with van der Waals surface area (Å²) in [7, 11) is 3.96. The van der Waals surface area contributed by atoms with Gasteiger partial charge in [-0.1, -0.05) is 41.9 Å². The quantitative estimate of drug-likeness (QED) is 0.919. The van der Waals surface area contributed by atoms with Crippen molar-refractivity contribution in [1.82, 2.24) is 20.2 Å². The highest BCUT2D eigenvalue weighted by atomic mass is 35.5. The van der Waals surface area contributed by atoms with Gasteiger partial charge in [-0.25, -0.2) is 9.97 Å². The van der Waals surface area contributed by atoms with Gasteiger partial charge in [-0.05, 0) is 19.7 Å². The van der Waals surface area contributed by atoms with Crippen LogP contribution in [-0.4, -0.2) is 41.4 Å². The lowest BCUT2D eigenvalue weighted by Gasteiger charge is -2.25. The fraction of sp³-hybridized carbons (Fsp3) is 0.267. The lowest BCUT2D eigenvalue weighted by molar-refractivity contribution is 0.0936. The van der Waals surface area contributed by atoms with Crippen LogP contribution >= 0.6 is 11.6 Å². The first-order valence-corrected chi connectivity index (χ1v) is 6.93. The second-order valence-electron chi connectivity index (χ2n) is 4.82. The maximum absolute atomic E-state index is 12.0. The van der Waals surface area contributed by atoms with E-state index in [1.165, 1.54) is 12.4 Å². The number of nitrogens with one attached hydrogen (secondary N) is 1. The van der Waals surface area contributed by atoms with E-state index in [-0.39, 0.29) is 22.8 Å². The number of likely N-dealkylation sites (N-methyl/N-ethyl adjacent to an activating group) is 1. The fourth-order valence-corrected chi connectivity index (χ4v) is 2.08. The third-order valence-electron chi connectivity index (χ3n) is 3.12. The zero-order chi connectivity index (χ0) is 15.2. The average Bonchev–Trinajstić information content (AvgIpc) is 2.48. The molecule has 0 spiro atoms. The number of benzene rings is 1. The molecule has 0 aliphatic rings. The van der Waals surface area contributed by atoms with Crippen molar-refractivity contribution in [2.75, 3.05) is 20.6 Å². The Bertz CT molecular complexity index is 586. The highest BCUT2D eigenvalue weighted by Gasteiger charge is 2.16. The molecule has 1 aromatic heterocycles. The molecule has 0 aliphatic carbocycles. The summed E-state index contributed by atoms with van der Waals surface area (Å²) in [4.78, 5) is 21.9. The largest absolute Gasteiger partial charge is 0.349 e. The summed E-state index contributed by atoms with van der Waals surface area (Å²) in [6.45, 7) is 0.486. The Morgan fingerprint density at radius 2 is 1.95 bits per heavy atom. The van der Waals surface area contributed by atoms with Crippen LogP contribution in [0.15, 0.2) is 42.7 Å². The predicted octanol–water partition coefficient (Wildman–Crippen LogP) is 2.16. The van der Waals surface area contributed by atoms with Gasteiger partial charge in [0, 0.05) is 6.54 Å². The molecule has 5 nitrogen and oxygen atoms in total. The SMILES string of the molecule is CN(C)C(CNC(=O)c1cnc(Cl)cn1)c1ccccc1. The summed E-state index contributed by atoms with van der Waals surface area (Å²) in [5.41, 5.74) is 1.40. The molecule has 2 aromatic rings. The maximum Gasteiger partial charge on any atom is 0.271 e. The number of carbonyl (C=O) groups is 1. The van der Waals surface area contributed by atoms with Crippen molar-refractivity contribution in [2.45, 2.75) is 6.04 Å². The molecule has 0 saturated heterocycles. The molecular formula is C15H17ClN4O. The lowest BCUT2D eigenvalue weighted by atomic mass is 10.1. The van der Waals surface area contributed by atoms with E-state index in [9.17, 15) is 4.79 Å². The van der Waals surface area contributed by atoms with Crippen LogP contribution in [0.3, 0.4) is 0 Å². The summed E-state index contributed by atoms with van der Waals surface area (Å²) < 4.78 is 0. The minimum Gasteiger partial charge on any atom is -0.349 e.